The summed E-state index contributed by atoms with van der Waals surface area (Å²) in [5, 5.41) is 0. The van der Waals surface area contributed by atoms with E-state index in [2.05, 4.69) is 81.5 Å². The third kappa shape index (κ3) is 50.2. The molecule has 0 aromatic carbocycles. The smallest absolute Gasteiger partial charge is 0.306 e. The Hall–Kier alpha value is -2.40. The van der Waals surface area contributed by atoms with Gasteiger partial charge in [0.25, 0.3) is 0 Å². The summed E-state index contributed by atoms with van der Waals surface area (Å²) in [6.07, 6.45) is 66.6. The molecule has 0 aromatic heterocycles. The number of carbonyl (C=O) groups excluding carboxylic acids is 2. The summed E-state index contributed by atoms with van der Waals surface area (Å²) in [5.41, 5.74) is 0. The fourth-order valence-electron chi connectivity index (χ4n) is 7.43. The first kappa shape index (κ1) is 59.6. The molecule has 0 aliphatic heterocycles. The zero-order valence-electron chi connectivity index (χ0n) is 41.4. The van der Waals surface area contributed by atoms with Gasteiger partial charge in [-0.15, -0.1) is 0 Å². The van der Waals surface area contributed by atoms with Crippen LogP contribution in [0.2, 0.25) is 0 Å². The number of ether oxygens (including phenoxy) is 3. The van der Waals surface area contributed by atoms with Gasteiger partial charge in [0.15, 0.2) is 6.10 Å². The van der Waals surface area contributed by atoms with Crippen molar-refractivity contribution in [3.8, 4) is 0 Å². The van der Waals surface area contributed by atoms with Crippen LogP contribution in [-0.2, 0) is 23.8 Å². The largest absolute Gasteiger partial charge is 0.462 e. The van der Waals surface area contributed by atoms with Crippen LogP contribution >= 0.6 is 0 Å². The Kier molecular flexibility index (Phi) is 50.9. The number of hydrogen-bond donors (Lipinski definition) is 0. The molecule has 360 valence electrons. The molecule has 0 N–H and O–H groups in total. The van der Waals surface area contributed by atoms with Gasteiger partial charge in [0.05, 0.1) is 6.61 Å². The van der Waals surface area contributed by atoms with E-state index in [1.807, 2.05) is 0 Å². The van der Waals surface area contributed by atoms with Crippen molar-refractivity contribution in [3.05, 3.63) is 60.8 Å². The SMILES string of the molecule is CCCC/C=C\CCCCCCCC(=O)OC(COCCCCCCCC/C=C\C/C=C\CCCCC)COC(=O)CCCCCCCCCCC/C=C\C/C=C\CCCCC. The molecule has 0 spiro atoms. The van der Waals surface area contributed by atoms with Gasteiger partial charge < -0.3 is 14.2 Å². The number of hydrogen-bond acceptors (Lipinski definition) is 5. The van der Waals surface area contributed by atoms with Gasteiger partial charge >= 0.3 is 11.9 Å². The van der Waals surface area contributed by atoms with E-state index in [0.717, 1.165) is 64.2 Å². The number of allylic oxidation sites excluding steroid dienone is 10. The first-order chi connectivity index (χ1) is 30.6. The lowest BCUT2D eigenvalue weighted by Gasteiger charge is -2.18. The standard InChI is InChI=1S/C57H102O5/c1-4-7-10-13-16-19-22-24-26-28-29-30-31-33-36-38-41-44-47-50-56(58)61-54-55(62-57(59)51-48-45-42-39-35-21-18-15-12-9-6-3)53-60-52-49-46-43-40-37-34-32-27-25-23-20-17-14-11-8-5-2/h15-20,24-27,55H,4-14,21-23,28-54H2,1-3H3/b18-15-,19-16-,20-17-,26-24-,27-25-. The Morgan fingerprint density at radius 1 is 0.355 bits per heavy atom. The average Bonchev–Trinajstić information content (AvgIpc) is 3.27. The van der Waals surface area contributed by atoms with E-state index in [1.54, 1.807) is 0 Å². The van der Waals surface area contributed by atoms with Crippen LogP contribution in [-0.4, -0.2) is 37.9 Å². The van der Waals surface area contributed by atoms with Crippen LogP contribution in [0, 0.1) is 0 Å². The Balaban J connectivity index is 4.23. The van der Waals surface area contributed by atoms with Crippen molar-refractivity contribution in [2.45, 2.75) is 271 Å². The molecule has 5 heteroatoms. The number of carbonyl (C=O) groups is 2. The van der Waals surface area contributed by atoms with Crippen molar-refractivity contribution in [1.82, 2.24) is 0 Å². The van der Waals surface area contributed by atoms with E-state index in [-0.39, 0.29) is 25.2 Å². The lowest BCUT2D eigenvalue weighted by atomic mass is 10.1. The average molecular weight is 867 g/mol. The number of unbranched alkanes of at least 4 members (excludes halogenated alkanes) is 28. The highest BCUT2D eigenvalue weighted by atomic mass is 16.6. The monoisotopic (exact) mass is 867 g/mol. The molecular weight excluding hydrogens is 765 g/mol. The molecule has 0 aliphatic carbocycles. The highest BCUT2D eigenvalue weighted by molar-refractivity contribution is 5.70. The van der Waals surface area contributed by atoms with Gasteiger partial charge in [-0.3, -0.25) is 9.59 Å². The van der Waals surface area contributed by atoms with Crippen molar-refractivity contribution in [2.75, 3.05) is 19.8 Å². The highest BCUT2D eigenvalue weighted by Gasteiger charge is 2.17. The van der Waals surface area contributed by atoms with Gasteiger partial charge in [0, 0.05) is 19.4 Å². The lowest BCUT2D eigenvalue weighted by molar-refractivity contribution is -0.163. The van der Waals surface area contributed by atoms with E-state index < -0.39 is 6.10 Å². The maximum absolute atomic E-state index is 12.8. The fraction of sp³-hybridized carbons (Fsp3) is 0.789. The van der Waals surface area contributed by atoms with E-state index >= 15 is 0 Å². The summed E-state index contributed by atoms with van der Waals surface area (Å²) in [6, 6.07) is 0. The molecule has 62 heavy (non-hydrogen) atoms. The van der Waals surface area contributed by atoms with Crippen LogP contribution in [0.1, 0.15) is 265 Å². The maximum atomic E-state index is 12.8. The van der Waals surface area contributed by atoms with E-state index in [4.69, 9.17) is 14.2 Å². The molecule has 0 saturated heterocycles. The highest BCUT2D eigenvalue weighted by Crippen LogP contribution is 2.14. The Morgan fingerprint density at radius 2 is 0.694 bits per heavy atom. The van der Waals surface area contributed by atoms with Crippen molar-refractivity contribution < 1.29 is 23.8 Å². The second kappa shape index (κ2) is 52.9. The van der Waals surface area contributed by atoms with E-state index in [1.165, 1.54) is 167 Å². The topological polar surface area (TPSA) is 61.8 Å². The quantitative estimate of drug-likeness (QED) is 0.0346. The van der Waals surface area contributed by atoms with Crippen LogP contribution in [0.4, 0.5) is 0 Å². The third-order valence-corrected chi connectivity index (χ3v) is 11.5. The normalized spacial score (nSPS) is 12.6. The predicted octanol–water partition coefficient (Wildman–Crippen LogP) is 18.1. The van der Waals surface area contributed by atoms with Crippen molar-refractivity contribution in [3.63, 3.8) is 0 Å². The second-order valence-electron chi connectivity index (χ2n) is 17.8. The summed E-state index contributed by atoms with van der Waals surface area (Å²) < 4.78 is 17.4. The molecule has 0 amide bonds. The van der Waals surface area contributed by atoms with Crippen LogP contribution in [0.25, 0.3) is 0 Å². The summed E-state index contributed by atoms with van der Waals surface area (Å²) in [7, 11) is 0. The van der Waals surface area contributed by atoms with Crippen LogP contribution < -0.4 is 0 Å². The zero-order chi connectivity index (χ0) is 44.9. The van der Waals surface area contributed by atoms with Gasteiger partial charge in [0.1, 0.15) is 6.61 Å². The Morgan fingerprint density at radius 3 is 1.13 bits per heavy atom. The molecule has 1 atom stereocenters. The fourth-order valence-corrected chi connectivity index (χ4v) is 7.43. The molecule has 0 aliphatic rings. The number of esters is 2. The van der Waals surface area contributed by atoms with Gasteiger partial charge in [-0.05, 0) is 103 Å². The third-order valence-electron chi connectivity index (χ3n) is 11.5. The summed E-state index contributed by atoms with van der Waals surface area (Å²) in [4.78, 5) is 25.4. The van der Waals surface area contributed by atoms with Gasteiger partial charge in [0.2, 0.25) is 0 Å². The Labute approximate surface area is 385 Å². The molecule has 1 unspecified atom stereocenters. The summed E-state index contributed by atoms with van der Waals surface area (Å²) >= 11 is 0. The molecular formula is C57H102O5. The van der Waals surface area contributed by atoms with Crippen LogP contribution in [0.5, 0.6) is 0 Å². The minimum absolute atomic E-state index is 0.0754. The molecule has 0 aromatic rings. The molecule has 0 rings (SSSR count). The zero-order valence-corrected chi connectivity index (χ0v) is 41.4. The van der Waals surface area contributed by atoms with E-state index in [0.29, 0.717) is 19.4 Å². The second-order valence-corrected chi connectivity index (χ2v) is 17.8. The Bertz CT molecular complexity index is 1070. The van der Waals surface area contributed by atoms with Crippen LogP contribution in [0.15, 0.2) is 60.8 Å². The van der Waals surface area contributed by atoms with Gasteiger partial charge in [-0.2, -0.15) is 0 Å². The lowest BCUT2D eigenvalue weighted by Crippen LogP contribution is -2.30. The minimum atomic E-state index is -0.547. The van der Waals surface area contributed by atoms with Gasteiger partial charge in [-0.25, -0.2) is 0 Å². The van der Waals surface area contributed by atoms with Crippen molar-refractivity contribution >= 4 is 11.9 Å². The van der Waals surface area contributed by atoms with Gasteiger partial charge in [-0.1, -0.05) is 210 Å². The molecule has 0 saturated carbocycles. The minimum Gasteiger partial charge on any atom is -0.462 e. The molecule has 0 radical (unpaired) electrons. The molecule has 0 fully saturated rings. The molecule has 5 nitrogen and oxygen atoms in total. The van der Waals surface area contributed by atoms with E-state index in [9.17, 15) is 9.59 Å². The molecule has 0 heterocycles. The first-order valence-corrected chi connectivity index (χ1v) is 26.8. The predicted molar refractivity (Wildman–Crippen MR) is 270 cm³/mol. The van der Waals surface area contributed by atoms with Crippen molar-refractivity contribution in [1.29, 1.82) is 0 Å². The first-order valence-electron chi connectivity index (χ1n) is 26.8. The molecule has 0 bridgehead atoms. The number of rotatable bonds is 49. The summed E-state index contributed by atoms with van der Waals surface area (Å²) in [5.74, 6) is -0.413. The van der Waals surface area contributed by atoms with Crippen molar-refractivity contribution in [2.24, 2.45) is 0 Å². The van der Waals surface area contributed by atoms with Crippen LogP contribution in [0.3, 0.4) is 0 Å². The maximum Gasteiger partial charge on any atom is 0.306 e. The summed E-state index contributed by atoms with van der Waals surface area (Å²) in [6.45, 7) is 7.73.